The molecule has 0 spiro atoms. The summed E-state index contributed by atoms with van der Waals surface area (Å²) in [7, 11) is 0. The molecule has 0 unspecified atom stereocenters. The van der Waals surface area contributed by atoms with Crippen molar-refractivity contribution in [2.24, 2.45) is 0 Å². The maximum absolute atomic E-state index is 9.66. The molecule has 1 fully saturated rings. The molecule has 1 aliphatic rings. The molecular formula is C13H19Br2ClN2O. The summed E-state index contributed by atoms with van der Waals surface area (Å²) in [5.74, 6) is 0. The van der Waals surface area contributed by atoms with E-state index in [1.807, 2.05) is 6.07 Å². The predicted molar refractivity (Wildman–Crippen MR) is 80.1 cm³/mol. The van der Waals surface area contributed by atoms with E-state index in [0.717, 1.165) is 46.0 Å². The second-order valence-electron chi connectivity index (χ2n) is 4.98. The molecule has 0 radical (unpaired) electrons. The van der Waals surface area contributed by atoms with Crippen LogP contribution in [0, 0.1) is 0 Å². The molecule has 0 aromatic heterocycles. The fraction of sp³-hybridized carbons (Fsp3) is 0.538. The fourth-order valence-corrected chi connectivity index (χ4v) is 3.83. The first-order chi connectivity index (χ1) is 8.56. The van der Waals surface area contributed by atoms with Gasteiger partial charge in [0.25, 0.3) is 0 Å². The maximum Gasteiger partial charge on any atom is 0.104 e. The number of nitrogen functional groups attached to an aromatic ring is 1. The van der Waals surface area contributed by atoms with Crippen LogP contribution in [0.3, 0.4) is 0 Å². The van der Waals surface area contributed by atoms with Crippen molar-refractivity contribution in [1.29, 1.82) is 0 Å². The SMILES string of the molecule is Nc1c(Br)cc(Br)cc1C[NH2+][C@H]1CCC[C@H](O)C1.[Cl-]. The number of quaternary nitrogens is 1. The molecule has 3 nitrogen and oxygen atoms in total. The van der Waals surface area contributed by atoms with E-state index in [1.165, 1.54) is 6.42 Å². The Bertz CT molecular complexity index is 431. The lowest BCUT2D eigenvalue weighted by Crippen LogP contribution is -3.00. The summed E-state index contributed by atoms with van der Waals surface area (Å²) in [6.07, 6.45) is 4.04. The van der Waals surface area contributed by atoms with Crippen LogP contribution in [0.25, 0.3) is 0 Å². The molecule has 1 aromatic carbocycles. The minimum Gasteiger partial charge on any atom is -1.00 e. The molecule has 6 heteroatoms. The topological polar surface area (TPSA) is 62.9 Å². The Morgan fingerprint density at radius 1 is 1.32 bits per heavy atom. The van der Waals surface area contributed by atoms with Crippen molar-refractivity contribution in [3.05, 3.63) is 26.6 Å². The van der Waals surface area contributed by atoms with Crippen LogP contribution in [-0.2, 0) is 6.54 Å². The molecule has 0 amide bonds. The first-order valence-corrected chi connectivity index (χ1v) is 7.89. The zero-order valence-corrected chi connectivity index (χ0v) is 14.5. The van der Waals surface area contributed by atoms with E-state index in [9.17, 15) is 5.11 Å². The number of benzene rings is 1. The highest BCUT2D eigenvalue weighted by Crippen LogP contribution is 2.27. The second-order valence-corrected chi connectivity index (χ2v) is 6.75. The van der Waals surface area contributed by atoms with Crippen molar-refractivity contribution < 1.29 is 22.8 Å². The Morgan fingerprint density at radius 3 is 2.74 bits per heavy atom. The van der Waals surface area contributed by atoms with Crippen molar-refractivity contribution in [2.45, 2.75) is 44.4 Å². The van der Waals surface area contributed by atoms with E-state index in [2.05, 4.69) is 43.2 Å². The lowest BCUT2D eigenvalue weighted by molar-refractivity contribution is -0.707. The van der Waals surface area contributed by atoms with Crippen molar-refractivity contribution in [2.75, 3.05) is 5.73 Å². The second kappa shape index (κ2) is 7.84. The largest absolute Gasteiger partial charge is 1.00 e. The standard InChI is InChI=1S/C13H18Br2N2O.ClH/c14-9-4-8(13(16)12(15)5-9)7-17-10-2-1-3-11(18)6-10;/h4-5,10-11,17-18H,1-3,6-7,16H2;1H/t10-,11-;/m0./s1. The van der Waals surface area contributed by atoms with Crippen LogP contribution >= 0.6 is 31.9 Å². The van der Waals surface area contributed by atoms with Gasteiger partial charge in [-0.05, 0) is 47.3 Å². The average molecular weight is 415 g/mol. The summed E-state index contributed by atoms with van der Waals surface area (Å²) in [6, 6.07) is 4.55. The van der Waals surface area contributed by atoms with Crippen molar-refractivity contribution >= 4 is 37.5 Å². The van der Waals surface area contributed by atoms with Gasteiger partial charge in [-0.15, -0.1) is 0 Å². The fourth-order valence-electron chi connectivity index (χ4n) is 2.52. The van der Waals surface area contributed by atoms with Gasteiger partial charge >= 0.3 is 0 Å². The Morgan fingerprint density at radius 2 is 2.05 bits per heavy atom. The van der Waals surface area contributed by atoms with Gasteiger partial charge in [-0.1, -0.05) is 15.9 Å². The Hall–Kier alpha value is 0.190. The van der Waals surface area contributed by atoms with Crippen LogP contribution in [0.2, 0.25) is 0 Å². The van der Waals surface area contributed by atoms with E-state index in [-0.39, 0.29) is 18.5 Å². The number of aliphatic hydroxyl groups is 1. The van der Waals surface area contributed by atoms with Crippen LogP contribution in [0.15, 0.2) is 21.1 Å². The summed E-state index contributed by atoms with van der Waals surface area (Å²) in [4.78, 5) is 0. The molecule has 0 aliphatic heterocycles. The smallest absolute Gasteiger partial charge is 0.104 e. The van der Waals surface area contributed by atoms with Gasteiger partial charge < -0.3 is 28.6 Å². The third kappa shape index (κ3) is 4.90. The molecule has 5 N–H and O–H groups in total. The highest BCUT2D eigenvalue weighted by Gasteiger charge is 2.22. The first kappa shape index (κ1) is 17.2. The molecular weight excluding hydrogens is 395 g/mol. The summed E-state index contributed by atoms with van der Waals surface area (Å²) in [6.45, 7) is 0.862. The molecule has 1 aliphatic carbocycles. The number of nitrogens with two attached hydrogens (primary N) is 2. The third-order valence-electron chi connectivity index (χ3n) is 3.54. The van der Waals surface area contributed by atoms with Crippen LogP contribution in [0.5, 0.6) is 0 Å². The predicted octanol–water partition coefficient (Wildman–Crippen LogP) is -0.835. The summed E-state index contributed by atoms with van der Waals surface area (Å²) < 4.78 is 1.97. The van der Waals surface area contributed by atoms with Crippen molar-refractivity contribution in [3.8, 4) is 0 Å². The molecule has 1 aromatic rings. The van der Waals surface area contributed by atoms with Crippen LogP contribution in [0.4, 0.5) is 5.69 Å². The first-order valence-electron chi connectivity index (χ1n) is 6.31. The van der Waals surface area contributed by atoms with E-state index in [4.69, 9.17) is 5.73 Å². The van der Waals surface area contributed by atoms with Crippen molar-refractivity contribution in [1.82, 2.24) is 0 Å². The Kier molecular flexibility index (Phi) is 7.11. The summed E-state index contributed by atoms with van der Waals surface area (Å²) >= 11 is 6.95. The number of aliphatic hydroxyl groups excluding tert-OH is 1. The zero-order chi connectivity index (χ0) is 13.1. The van der Waals surface area contributed by atoms with Gasteiger partial charge in [0.05, 0.1) is 17.8 Å². The minimum atomic E-state index is -0.119. The summed E-state index contributed by atoms with van der Waals surface area (Å²) in [5.41, 5.74) is 8.00. The zero-order valence-electron chi connectivity index (χ0n) is 10.6. The maximum atomic E-state index is 9.66. The monoisotopic (exact) mass is 412 g/mol. The molecule has 1 saturated carbocycles. The molecule has 2 atom stereocenters. The molecule has 108 valence electrons. The number of rotatable bonds is 3. The van der Waals surface area contributed by atoms with Crippen molar-refractivity contribution in [3.63, 3.8) is 0 Å². The molecule has 0 heterocycles. The van der Waals surface area contributed by atoms with E-state index in [1.54, 1.807) is 0 Å². The van der Waals surface area contributed by atoms with E-state index < -0.39 is 0 Å². The molecule has 19 heavy (non-hydrogen) atoms. The Labute approximate surface area is 137 Å². The average Bonchev–Trinajstić information content (AvgIpc) is 2.32. The normalized spacial score (nSPS) is 22.9. The Balaban J connectivity index is 0.00000180. The lowest BCUT2D eigenvalue weighted by Gasteiger charge is -2.24. The highest BCUT2D eigenvalue weighted by molar-refractivity contribution is 9.11. The van der Waals surface area contributed by atoms with E-state index in [0.29, 0.717) is 6.04 Å². The van der Waals surface area contributed by atoms with Crippen LogP contribution < -0.4 is 23.5 Å². The van der Waals surface area contributed by atoms with Gasteiger partial charge in [0, 0.05) is 20.9 Å². The molecule has 2 rings (SSSR count). The quantitative estimate of drug-likeness (QED) is 0.565. The van der Waals surface area contributed by atoms with E-state index >= 15 is 0 Å². The van der Waals surface area contributed by atoms with Gasteiger partial charge in [0.15, 0.2) is 0 Å². The lowest BCUT2D eigenvalue weighted by atomic mass is 9.93. The van der Waals surface area contributed by atoms with Gasteiger partial charge in [-0.25, -0.2) is 0 Å². The number of halogens is 3. The van der Waals surface area contributed by atoms with Gasteiger partial charge in [0.1, 0.15) is 6.54 Å². The summed E-state index contributed by atoms with van der Waals surface area (Å²) in [5, 5.41) is 12.0. The van der Waals surface area contributed by atoms with Gasteiger partial charge in [-0.3, -0.25) is 0 Å². The van der Waals surface area contributed by atoms with Crippen LogP contribution in [0.1, 0.15) is 31.2 Å². The third-order valence-corrected chi connectivity index (χ3v) is 4.65. The number of hydrogen-bond acceptors (Lipinski definition) is 2. The van der Waals surface area contributed by atoms with Gasteiger partial charge in [-0.2, -0.15) is 0 Å². The molecule has 0 bridgehead atoms. The number of hydrogen-bond donors (Lipinski definition) is 3. The minimum absolute atomic E-state index is 0. The number of anilines is 1. The van der Waals surface area contributed by atoms with Gasteiger partial charge in [0.2, 0.25) is 0 Å². The molecule has 0 saturated heterocycles. The highest BCUT2D eigenvalue weighted by atomic mass is 79.9. The van der Waals surface area contributed by atoms with Crippen LogP contribution in [-0.4, -0.2) is 17.3 Å².